The van der Waals surface area contributed by atoms with Gasteiger partial charge in [0.25, 0.3) is 0 Å². The van der Waals surface area contributed by atoms with Crippen molar-refractivity contribution in [1.29, 1.82) is 0 Å². The van der Waals surface area contributed by atoms with E-state index in [1.807, 2.05) is 0 Å². The van der Waals surface area contributed by atoms with E-state index in [1.165, 1.54) is 16.4 Å². The molecule has 1 unspecified atom stereocenters. The number of hydrogen-bond acceptors (Lipinski definition) is 5. The van der Waals surface area contributed by atoms with E-state index in [0.717, 1.165) is 12.8 Å². The summed E-state index contributed by atoms with van der Waals surface area (Å²) in [6, 6.07) is 6.19. The van der Waals surface area contributed by atoms with Crippen molar-refractivity contribution in [2.24, 2.45) is 0 Å². The number of sulfonamides is 1. The number of likely N-dealkylation sites (N-methyl/N-ethyl adjacent to an activating group) is 1. The topological polar surface area (TPSA) is 76.1 Å². The van der Waals surface area contributed by atoms with Crippen LogP contribution in [0.2, 0.25) is 0 Å². The Bertz CT molecular complexity index is 537. The van der Waals surface area contributed by atoms with Gasteiger partial charge in [0.2, 0.25) is 10.0 Å². The SMILES string of the molecule is CN(CC1CCCO1)S(=O)(=O)c1ccc(OCCO)cc1. The molecule has 1 atom stereocenters. The summed E-state index contributed by atoms with van der Waals surface area (Å²) in [4.78, 5) is 0.222. The molecule has 1 fully saturated rings. The molecule has 2 rings (SSSR count). The molecule has 0 radical (unpaired) electrons. The molecular formula is C14H21NO5S. The van der Waals surface area contributed by atoms with E-state index in [1.54, 1.807) is 19.2 Å². The standard InChI is InChI=1S/C14H21NO5S/c1-15(11-13-3-2-9-19-13)21(17,18)14-6-4-12(5-7-14)20-10-8-16/h4-7,13,16H,2-3,8-11H2,1H3. The first-order valence-electron chi connectivity index (χ1n) is 6.95. The third kappa shape index (κ3) is 4.16. The maximum Gasteiger partial charge on any atom is 0.242 e. The van der Waals surface area contributed by atoms with Crippen LogP contribution in [0.4, 0.5) is 0 Å². The van der Waals surface area contributed by atoms with Crippen LogP contribution in [0.1, 0.15) is 12.8 Å². The van der Waals surface area contributed by atoms with Crippen molar-refractivity contribution in [2.75, 3.05) is 33.4 Å². The lowest BCUT2D eigenvalue weighted by Gasteiger charge is -2.20. The van der Waals surface area contributed by atoms with Gasteiger partial charge in [-0.15, -0.1) is 0 Å². The fraction of sp³-hybridized carbons (Fsp3) is 0.571. The third-order valence-corrected chi connectivity index (χ3v) is 5.21. The van der Waals surface area contributed by atoms with Gasteiger partial charge in [0.1, 0.15) is 12.4 Å². The smallest absolute Gasteiger partial charge is 0.242 e. The molecular weight excluding hydrogens is 294 g/mol. The van der Waals surface area contributed by atoms with Gasteiger partial charge in [0.05, 0.1) is 17.6 Å². The van der Waals surface area contributed by atoms with Crippen LogP contribution in [0.5, 0.6) is 5.75 Å². The Morgan fingerprint density at radius 3 is 2.67 bits per heavy atom. The van der Waals surface area contributed by atoms with Crippen LogP contribution in [0.25, 0.3) is 0 Å². The zero-order valence-electron chi connectivity index (χ0n) is 12.1. The largest absolute Gasteiger partial charge is 0.491 e. The van der Waals surface area contributed by atoms with Gasteiger partial charge in [-0.2, -0.15) is 4.31 Å². The lowest BCUT2D eigenvalue weighted by atomic mass is 10.2. The predicted molar refractivity (Wildman–Crippen MR) is 77.8 cm³/mol. The van der Waals surface area contributed by atoms with E-state index >= 15 is 0 Å². The predicted octanol–water partition coefficient (Wildman–Crippen LogP) is 0.857. The second kappa shape index (κ2) is 7.22. The second-order valence-corrected chi connectivity index (χ2v) is 7.01. The number of nitrogens with zero attached hydrogens (tertiary/aromatic N) is 1. The first kappa shape index (κ1) is 16.2. The molecule has 0 amide bonds. The molecule has 0 bridgehead atoms. The lowest BCUT2D eigenvalue weighted by Crippen LogP contribution is -2.34. The van der Waals surface area contributed by atoms with E-state index in [9.17, 15) is 8.42 Å². The van der Waals surface area contributed by atoms with Gasteiger partial charge in [0, 0.05) is 20.2 Å². The van der Waals surface area contributed by atoms with Crippen LogP contribution in [0, 0.1) is 0 Å². The molecule has 1 aliphatic heterocycles. The normalized spacial score (nSPS) is 19.1. The average molecular weight is 315 g/mol. The highest BCUT2D eigenvalue weighted by Crippen LogP contribution is 2.21. The average Bonchev–Trinajstić information content (AvgIpc) is 2.98. The zero-order chi connectivity index (χ0) is 15.3. The lowest BCUT2D eigenvalue weighted by molar-refractivity contribution is 0.0979. The molecule has 0 spiro atoms. The number of hydrogen-bond donors (Lipinski definition) is 1. The minimum atomic E-state index is -3.52. The number of aliphatic hydroxyl groups is 1. The fourth-order valence-electron chi connectivity index (χ4n) is 2.22. The minimum absolute atomic E-state index is 0.0167. The monoisotopic (exact) mass is 315 g/mol. The summed E-state index contributed by atoms with van der Waals surface area (Å²) in [5, 5.41) is 8.68. The molecule has 0 saturated carbocycles. The van der Waals surface area contributed by atoms with Gasteiger partial charge >= 0.3 is 0 Å². The van der Waals surface area contributed by atoms with E-state index in [2.05, 4.69) is 0 Å². The Hall–Kier alpha value is -1.15. The number of aliphatic hydroxyl groups excluding tert-OH is 1. The van der Waals surface area contributed by atoms with E-state index in [4.69, 9.17) is 14.6 Å². The molecule has 1 aromatic carbocycles. The van der Waals surface area contributed by atoms with Crippen LogP contribution in [0.3, 0.4) is 0 Å². The second-order valence-electron chi connectivity index (χ2n) is 4.96. The molecule has 1 N–H and O–H groups in total. The molecule has 21 heavy (non-hydrogen) atoms. The van der Waals surface area contributed by atoms with Crippen molar-refractivity contribution in [1.82, 2.24) is 4.31 Å². The molecule has 118 valence electrons. The van der Waals surface area contributed by atoms with E-state index in [-0.39, 0.29) is 24.2 Å². The first-order valence-corrected chi connectivity index (χ1v) is 8.39. The van der Waals surface area contributed by atoms with E-state index < -0.39 is 10.0 Å². The third-order valence-electron chi connectivity index (χ3n) is 3.38. The molecule has 1 aliphatic rings. The van der Waals surface area contributed by atoms with Gasteiger partial charge in [-0.1, -0.05) is 0 Å². The summed E-state index contributed by atoms with van der Waals surface area (Å²) in [5.41, 5.74) is 0. The van der Waals surface area contributed by atoms with Crippen molar-refractivity contribution in [3.05, 3.63) is 24.3 Å². The van der Waals surface area contributed by atoms with Crippen LogP contribution >= 0.6 is 0 Å². The van der Waals surface area contributed by atoms with Crippen molar-refractivity contribution in [2.45, 2.75) is 23.8 Å². The highest BCUT2D eigenvalue weighted by molar-refractivity contribution is 7.89. The molecule has 1 saturated heterocycles. The van der Waals surface area contributed by atoms with Crippen molar-refractivity contribution in [3.63, 3.8) is 0 Å². The maximum absolute atomic E-state index is 12.4. The van der Waals surface area contributed by atoms with Gasteiger partial charge in [-0.25, -0.2) is 8.42 Å². The van der Waals surface area contributed by atoms with Crippen LogP contribution < -0.4 is 4.74 Å². The minimum Gasteiger partial charge on any atom is -0.491 e. The van der Waals surface area contributed by atoms with E-state index in [0.29, 0.717) is 18.9 Å². The van der Waals surface area contributed by atoms with Crippen molar-refractivity contribution in [3.8, 4) is 5.75 Å². The molecule has 7 heteroatoms. The molecule has 6 nitrogen and oxygen atoms in total. The first-order chi connectivity index (χ1) is 10.0. The highest BCUT2D eigenvalue weighted by atomic mass is 32.2. The van der Waals surface area contributed by atoms with Crippen LogP contribution in [-0.2, 0) is 14.8 Å². The molecule has 1 heterocycles. The summed E-state index contributed by atoms with van der Waals surface area (Å²) in [6.45, 7) is 1.18. The maximum atomic E-state index is 12.4. The van der Waals surface area contributed by atoms with Crippen molar-refractivity contribution < 1.29 is 23.0 Å². The fourth-order valence-corrected chi connectivity index (χ4v) is 3.43. The van der Waals surface area contributed by atoms with Crippen LogP contribution in [-0.4, -0.2) is 57.3 Å². The van der Waals surface area contributed by atoms with Crippen molar-refractivity contribution >= 4 is 10.0 Å². The summed E-state index contributed by atoms with van der Waals surface area (Å²) < 4.78 is 36.9. The Balaban J connectivity index is 2.03. The van der Waals surface area contributed by atoms with Gasteiger partial charge in [0.15, 0.2) is 0 Å². The van der Waals surface area contributed by atoms with Gasteiger partial charge in [-0.05, 0) is 37.1 Å². The summed E-state index contributed by atoms with van der Waals surface area (Å²) in [7, 11) is -1.95. The Kier molecular flexibility index (Phi) is 5.58. The molecule has 1 aromatic rings. The number of rotatable bonds is 7. The molecule has 0 aliphatic carbocycles. The Labute approximate surface area is 125 Å². The highest BCUT2D eigenvalue weighted by Gasteiger charge is 2.25. The molecule has 0 aromatic heterocycles. The number of ether oxygens (including phenoxy) is 2. The van der Waals surface area contributed by atoms with Gasteiger partial charge in [-0.3, -0.25) is 0 Å². The summed E-state index contributed by atoms with van der Waals surface area (Å²) in [5.74, 6) is 0.532. The van der Waals surface area contributed by atoms with Gasteiger partial charge < -0.3 is 14.6 Å². The zero-order valence-corrected chi connectivity index (χ0v) is 12.9. The Morgan fingerprint density at radius 2 is 2.10 bits per heavy atom. The summed E-state index contributed by atoms with van der Waals surface area (Å²) in [6.07, 6.45) is 1.86. The quantitative estimate of drug-likeness (QED) is 0.807. The number of benzene rings is 1. The van der Waals surface area contributed by atoms with Crippen LogP contribution in [0.15, 0.2) is 29.2 Å². The summed E-state index contributed by atoms with van der Waals surface area (Å²) >= 11 is 0. The Morgan fingerprint density at radius 1 is 1.38 bits per heavy atom.